The molecule has 0 radical (unpaired) electrons. The van der Waals surface area contributed by atoms with Gasteiger partial charge >= 0.3 is 5.97 Å². The molecule has 2 heterocycles. The maximum Gasteiger partial charge on any atom is 0.335 e. The fourth-order valence-corrected chi connectivity index (χ4v) is 4.23. The number of thiazole rings is 1. The first kappa shape index (κ1) is 13.5. The van der Waals surface area contributed by atoms with Crippen LogP contribution in [0, 0.1) is 5.92 Å². The van der Waals surface area contributed by atoms with Gasteiger partial charge in [0.05, 0.1) is 33.0 Å². The molecule has 0 spiro atoms. The lowest BCUT2D eigenvalue weighted by atomic mass is 9.90. The largest absolute Gasteiger partial charge is 0.478 e. The normalized spacial score (nSPS) is 29.9. The second-order valence-electron chi connectivity index (χ2n) is 5.47. The van der Waals surface area contributed by atoms with Gasteiger partial charge in [-0.1, -0.05) is 6.92 Å². The Bertz CT molecular complexity index is 666. The van der Waals surface area contributed by atoms with Crippen molar-refractivity contribution >= 4 is 27.5 Å². The fourth-order valence-electron chi connectivity index (χ4n) is 2.91. The molecule has 1 saturated heterocycles. The van der Waals surface area contributed by atoms with Gasteiger partial charge in [-0.05, 0) is 38.0 Å². The Labute approximate surface area is 121 Å². The van der Waals surface area contributed by atoms with E-state index in [-0.39, 0.29) is 18.1 Å². The van der Waals surface area contributed by atoms with E-state index in [0.29, 0.717) is 11.5 Å². The van der Waals surface area contributed by atoms with Crippen LogP contribution in [0.15, 0.2) is 18.2 Å². The summed E-state index contributed by atoms with van der Waals surface area (Å²) < 4.78 is 6.80. The molecule has 20 heavy (non-hydrogen) atoms. The Hall–Kier alpha value is -1.46. The quantitative estimate of drug-likeness (QED) is 0.919. The van der Waals surface area contributed by atoms with Gasteiger partial charge in [0, 0.05) is 5.92 Å². The lowest BCUT2D eigenvalue weighted by Gasteiger charge is -2.14. The van der Waals surface area contributed by atoms with Crippen LogP contribution in [0.5, 0.6) is 0 Å². The lowest BCUT2D eigenvalue weighted by Crippen LogP contribution is -2.14. The van der Waals surface area contributed by atoms with E-state index in [9.17, 15) is 4.79 Å². The minimum Gasteiger partial charge on any atom is -0.478 e. The smallest absolute Gasteiger partial charge is 0.335 e. The number of hydrogen-bond acceptors (Lipinski definition) is 4. The molecule has 4 atom stereocenters. The van der Waals surface area contributed by atoms with Gasteiger partial charge in [0.15, 0.2) is 0 Å². The average molecular weight is 291 g/mol. The molecule has 3 rings (SSSR count). The molecular weight excluding hydrogens is 274 g/mol. The van der Waals surface area contributed by atoms with Gasteiger partial charge in [-0.15, -0.1) is 11.3 Å². The Morgan fingerprint density at radius 2 is 2.05 bits per heavy atom. The van der Waals surface area contributed by atoms with E-state index in [1.54, 1.807) is 29.5 Å². The summed E-state index contributed by atoms with van der Waals surface area (Å²) in [6, 6.07) is 5.09. The standard InChI is InChI=1S/C15H17NO3S/c1-7-8(2)19-9(3)13(7)14-16-11-5-4-10(15(17)18)6-12(11)20-14/h4-9,13H,1-3H3,(H,17,18). The number of fused-ring (bicyclic) bond motifs is 1. The third-order valence-electron chi connectivity index (χ3n) is 4.18. The SMILES string of the molecule is CC1OC(C)C(c2nc3ccc(C(=O)O)cc3s2)C1C. The van der Waals surface area contributed by atoms with Crippen LogP contribution in [0.4, 0.5) is 0 Å². The molecule has 1 aromatic carbocycles. The van der Waals surface area contributed by atoms with Crippen LogP contribution in [0.25, 0.3) is 10.2 Å². The van der Waals surface area contributed by atoms with E-state index in [0.717, 1.165) is 15.2 Å². The fraction of sp³-hybridized carbons (Fsp3) is 0.467. The number of carbonyl (C=O) groups is 1. The van der Waals surface area contributed by atoms with Crippen LogP contribution >= 0.6 is 11.3 Å². The van der Waals surface area contributed by atoms with Gasteiger partial charge < -0.3 is 9.84 Å². The highest BCUT2D eigenvalue weighted by atomic mass is 32.1. The van der Waals surface area contributed by atoms with Crippen molar-refractivity contribution in [1.29, 1.82) is 0 Å². The van der Waals surface area contributed by atoms with E-state index in [2.05, 4.69) is 25.8 Å². The highest BCUT2D eigenvalue weighted by molar-refractivity contribution is 7.18. The van der Waals surface area contributed by atoms with Crippen molar-refractivity contribution in [3.05, 3.63) is 28.8 Å². The molecule has 0 aliphatic carbocycles. The summed E-state index contributed by atoms with van der Waals surface area (Å²) in [7, 11) is 0. The summed E-state index contributed by atoms with van der Waals surface area (Å²) in [5.41, 5.74) is 1.18. The Morgan fingerprint density at radius 3 is 2.65 bits per heavy atom. The molecule has 0 bridgehead atoms. The number of benzene rings is 1. The number of hydrogen-bond donors (Lipinski definition) is 1. The third-order valence-corrected chi connectivity index (χ3v) is 5.30. The second-order valence-corrected chi connectivity index (χ2v) is 6.53. The van der Waals surface area contributed by atoms with Gasteiger partial charge in [0.25, 0.3) is 0 Å². The van der Waals surface area contributed by atoms with Gasteiger partial charge in [0.1, 0.15) is 0 Å². The molecule has 0 amide bonds. The van der Waals surface area contributed by atoms with Crippen LogP contribution in [-0.2, 0) is 4.74 Å². The zero-order valence-electron chi connectivity index (χ0n) is 11.7. The summed E-state index contributed by atoms with van der Waals surface area (Å²) in [5.74, 6) is -0.193. The number of carboxylic acids is 1. The van der Waals surface area contributed by atoms with Gasteiger partial charge in [-0.25, -0.2) is 9.78 Å². The summed E-state index contributed by atoms with van der Waals surface area (Å²) >= 11 is 1.58. The number of rotatable bonds is 2. The Balaban J connectivity index is 2.03. The molecule has 0 saturated carbocycles. The molecule has 5 heteroatoms. The number of carboxylic acid groups (broad SMARTS) is 1. The minimum atomic E-state index is -0.901. The van der Waals surface area contributed by atoms with Gasteiger partial charge in [-0.3, -0.25) is 0 Å². The van der Waals surface area contributed by atoms with Crippen molar-refractivity contribution in [2.45, 2.75) is 38.9 Å². The highest BCUT2D eigenvalue weighted by Crippen LogP contribution is 2.42. The predicted octanol–water partition coefficient (Wildman–Crippen LogP) is 3.52. The second kappa shape index (κ2) is 4.82. The van der Waals surface area contributed by atoms with Crippen molar-refractivity contribution in [1.82, 2.24) is 4.98 Å². The Kier molecular flexibility index (Phi) is 3.26. The number of aromatic carboxylic acids is 1. The van der Waals surface area contributed by atoms with Crippen molar-refractivity contribution < 1.29 is 14.6 Å². The summed E-state index contributed by atoms with van der Waals surface area (Å²) in [6.07, 6.45) is 0.385. The molecule has 2 aromatic rings. The van der Waals surface area contributed by atoms with Gasteiger partial charge in [-0.2, -0.15) is 0 Å². The molecule has 106 valence electrons. The van der Waals surface area contributed by atoms with Crippen LogP contribution in [0.1, 0.15) is 42.1 Å². The monoisotopic (exact) mass is 291 g/mol. The third kappa shape index (κ3) is 2.11. The number of nitrogens with zero attached hydrogens (tertiary/aromatic N) is 1. The topological polar surface area (TPSA) is 59.4 Å². The molecular formula is C15H17NO3S. The predicted molar refractivity (Wildman–Crippen MR) is 78.5 cm³/mol. The number of aromatic nitrogens is 1. The van der Waals surface area contributed by atoms with Crippen LogP contribution in [-0.4, -0.2) is 28.3 Å². The molecule has 1 fully saturated rings. The molecule has 1 N–H and O–H groups in total. The molecule has 1 aliphatic heterocycles. The zero-order chi connectivity index (χ0) is 14.4. The highest BCUT2D eigenvalue weighted by Gasteiger charge is 2.39. The van der Waals surface area contributed by atoms with E-state index in [1.165, 1.54) is 0 Å². The van der Waals surface area contributed by atoms with E-state index in [1.807, 2.05) is 0 Å². The maximum atomic E-state index is 11.0. The van der Waals surface area contributed by atoms with Crippen molar-refractivity contribution in [2.24, 2.45) is 5.92 Å². The lowest BCUT2D eigenvalue weighted by molar-refractivity contribution is 0.0557. The molecule has 4 unspecified atom stereocenters. The minimum absolute atomic E-state index is 0.152. The van der Waals surface area contributed by atoms with Crippen LogP contribution in [0.2, 0.25) is 0 Å². The zero-order valence-corrected chi connectivity index (χ0v) is 12.5. The van der Waals surface area contributed by atoms with Crippen molar-refractivity contribution in [2.75, 3.05) is 0 Å². The first-order valence-electron chi connectivity index (χ1n) is 6.76. The van der Waals surface area contributed by atoms with Gasteiger partial charge in [0.2, 0.25) is 0 Å². The first-order valence-corrected chi connectivity index (χ1v) is 7.58. The summed E-state index contributed by atoms with van der Waals surface area (Å²) in [4.78, 5) is 15.7. The van der Waals surface area contributed by atoms with Crippen LogP contribution in [0.3, 0.4) is 0 Å². The average Bonchev–Trinajstić information content (AvgIpc) is 2.90. The first-order chi connectivity index (χ1) is 9.47. The van der Waals surface area contributed by atoms with E-state index in [4.69, 9.17) is 9.84 Å². The molecule has 4 nitrogen and oxygen atoms in total. The molecule has 1 aromatic heterocycles. The summed E-state index contributed by atoms with van der Waals surface area (Å²) in [5, 5.41) is 10.1. The number of ether oxygens (including phenoxy) is 1. The summed E-state index contributed by atoms with van der Waals surface area (Å²) in [6.45, 7) is 6.37. The van der Waals surface area contributed by atoms with Crippen molar-refractivity contribution in [3.8, 4) is 0 Å². The van der Waals surface area contributed by atoms with E-state index >= 15 is 0 Å². The maximum absolute atomic E-state index is 11.0. The van der Waals surface area contributed by atoms with Crippen LogP contribution < -0.4 is 0 Å². The van der Waals surface area contributed by atoms with Crippen molar-refractivity contribution in [3.63, 3.8) is 0 Å². The molecule has 1 aliphatic rings. The Morgan fingerprint density at radius 1 is 1.30 bits per heavy atom. The van der Waals surface area contributed by atoms with E-state index < -0.39 is 5.97 Å².